The summed E-state index contributed by atoms with van der Waals surface area (Å²) in [4.78, 5) is 12.8. The lowest BCUT2D eigenvalue weighted by Crippen LogP contribution is -2.58. The SMILES string of the molecule is CC1OC(Oc2cc(O)cc(O)c2C(=O)c2ccc(O)cc2)C(O)C(O)C1O. The van der Waals surface area contributed by atoms with Crippen molar-refractivity contribution in [2.45, 2.75) is 37.6 Å². The zero-order valence-corrected chi connectivity index (χ0v) is 14.8. The van der Waals surface area contributed by atoms with Crippen LogP contribution in [-0.2, 0) is 4.74 Å². The molecule has 28 heavy (non-hydrogen) atoms. The smallest absolute Gasteiger partial charge is 0.229 e. The molecule has 0 radical (unpaired) electrons. The third kappa shape index (κ3) is 3.73. The van der Waals surface area contributed by atoms with Gasteiger partial charge in [0.15, 0.2) is 0 Å². The summed E-state index contributed by atoms with van der Waals surface area (Å²) in [6.45, 7) is 1.46. The van der Waals surface area contributed by atoms with Crippen LogP contribution >= 0.6 is 0 Å². The van der Waals surface area contributed by atoms with Gasteiger partial charge in [-0.05, 0) is 31.2 Å². The number of rotatable bonds is 4. The first-order valence-electron chi connectivity index (χ1n) is 8.45. The van der Waals surface area contributed by atoms with E-state index in [4.69, 9.17) is 9.47 Å². The van der Waals surface area contributed by atoms with Crippen LogP contribution in [0.25, 0.3) is 0 Å². The number of phenolic OH excluding ortho intramolecular Hbond substituents is 3. The van der Waals surface area contributed by atoms with E-state index in [0.717, 1.165) is 12.1 Å². The van der Waals surface area contributed by atoms with Crippen molar-refractivity contribution >= 4 is 5.78 Å². The van der Waals surface area contributed by atoms with Gasteiger partial charge >= 0.3 is 0 Å². The summed E-state index contributed by atoms with van der Waals surface area (Å²) in [6.07, 6.45) is -6.90. The van der Waals surface area contributed by atoms with Crippen LogP contribution in [0.15, 0.2) is 36.4 Å². The summed E-state index contributed by atoms with van der Waals surface area (Å²) in [5.74, 6) is -2.01. The van der Waals surface area contributed by atoms with Crippen molar-refractivity contribution in [1.82, 2.24) is 0 Å². The quantitative estimate of drug-likeness (QED) is 0.401. The molecule has 0 spiro atoms. The van der Waals surface area contributed by atoms with E-state index in [-0.39, 0.29) is 22.6 Å². The van der Waals surface area contributed by atoms with Gasteiger partial charge in [-0.2, -0.15) is 0 Å². The molecule has 9 nitrogen and oxygen atoms in total. The van der Waals surface area contributed by atoms with E-state index >= 15 is 0 Å². The maximum atomic E-state index is 12.8. The number of aliphatic hydroxyl groups is 3. The number of carbonyl (C=O) groups is 1. The van der Waals surface area contributed by atoms with Gasteiger partial charge in [0.2, 0.25) is 12.1 Å². The average Bonchev–Trinajstić information content (AvgIpc) is 2.64. The molecule has 1 saturated heterocycles. The van der Waals surface area contributed by atoms with Gasteiger partial charge in [-0.1, -0.05) is 0 Å². The van der Waals surface area contributed by atoms with Crippen molar-refractivity contribution in [1.29, 1.82) is 0 Å². The third-order valence-electron chi connectivity index (χ3n) is 4.47. The molecule has 5 unspecified atom stereocenters. The summed E-state index contributed by atoms with van der Waals surface area (Å²) < 4.78 is 10.8. The molecule has 0 saturated carbocycles. The fourth-order valence-electron chi connectivity index (χ4n) is 2.90. The van der Waals surface area contributed by atoms with Gasteiger partial charge in [-0.15, -0.1) is 0 Å². The van der Waals surface area contributed by atoms with Crippen LogP contribution in [0.2, 0.25) is 0 Å². The maximum Gasteiger partial charge on any atom is 0.229 e. The number of hydrogen-bond acceptors (Lipinski definition) is 9. The second-order valence-electron chi connectivity index (χ2n) is 6.51. The number of aliphatic hydroxyl groups excluding tert-OH is 3. The maximum absolute atomic E-state index is 12.8. The molecular formula is C19H20O9. The fourth-order valence-corrected chi connectivity index (χ4v) is 2.90. The minimum absolute atomic E-state index is 0.0526. The number of phenols is 3. The highest BCUT2D eigenvalue weighted by Gasteiger charge is 2.43. The molecule has 0 aliphatic carbocycles. The molecule has 5 atom stereocenters. The molecule has 150 valence electrons. The summed E-state index contributed by atoms with van der Waals surface area (Å²) in [5, 5.41) is 59.1. The van der Waals surface area contributed by atoms with E-state index in [9.17, 15) is 35.4 Å². The summed E-state index contributed by atoms with van der Waals surface area (Å²) >= 11 is 0. The minimum atomic E-state index is -1.65. The Balaban J connectivity index is 1.97. The van der Waals surface area contributed by atoms with Crippen LogP contribution < -0.4 is 4.74 Å². The average molecular weight is 392 g/mol. The van der Waals surface area contributed by atoms with E-state index in [2.05, 4.69) is 0 Å². The molecule has 1 fully saturated rings. The predicted octanol–water partition coefficient (Wildman–Crippen LogP) is 0.241. The van der Waals surface area contributed by atoms with Gasteiger partial charge in [0.1, 0.15) is 46.9 Å². The lowest BCUT2D eigenvalue weighted by molar-refractivity contribution is -0.268. The summed E-state index contributed by atoms with van der Waals surface area (Å²) in [5.41, 5.74) is -0.190. The number of aromatic hydroxyl groups is 3. The number of benzene rings is 2. The Morgan fingerprint density at radius 1 is 0.929 bits per heavy atom. The Bertz CT molecular complexity index is 864. The molecule has 0 bridgehead atoms. The number of ketones is 1. The molecule has 1 heterocycles. The highest BCUT2D eigenvalue weighted by molar-refractivity contribution is 6.12. The molecular weight excluding hydrogens is 372 g/mol. The van der Waals surface area contributed by atoms with E-state index in [1.165, 1.54) is 31.2 Å². The first kappa shape index (κ1) is 19.9. The molecule has 9 heteroatoms. The highest BCUT2D eigenvalue weighted by atomic mass is 16.7. The van der Waals surface area contributed by atoms with E-state index in [1.807, 2.05) is 0 Å². The normalized spacial score (nSPS) is 27.4. The number of carbonyl (C=O) groups excluding carboxylic acids is 1. The highest BCUT2D eigenvalue weighted by Crippen LogP contribution is 2.36. The van der Waals surface area contributed by atoms with Crippen LogP contribution in [-0.4, -0.2) is 67.1 Å². The molecule has 1 aliphatic rings. The predicted molar refractivity (Wildman–Crippen MR) is 94.3 cm³/mol. The Morgan fingerprint density at radius 3 is 2.21 bits per heavy atom. The van der Waals surface area contributed by atoms with Crippen molar-refractivity contribution in [3.63, 3.8) is 0 Å². The van der Waals surface area contributed by atoms with Crippen LogP contribution in [0.3, 0.4) is 0 Å². The number of hydrogen-bond donors (Lipinski definition) is 6. The number of ether oxygens (including phenoxy) is 2. The topological polar surface area (TPSA) is 157 Å². The molecule has 2 aromatic rings. The molecule has 0 amide bonds. The lowest BCUT2D eigenvalue weighted by atomic mass is 9.99. The van der Waals surface area contributed by atoms with E-state index < -0.39 is 48.0 Å². The Labute approximate surface area is 159 Å². The minimum Gasteiger partial charge on any atom is -0.508 e. The van der Waals surface area contributed by atoms with E-state index in [1.54, 1.807) is 0 Å². The second-order valence-corrected chi connectivity index (χ2v) is 6.51. The van der Waals surface area contributed by atoms with Gasteiger partial charge in [0.05, 0.1) is 6.10 Å². The molecule has 6 N–H and O–H groups in total. The summed E-state index contributed by atoms with van der Waals surface area (Å²) in [6, 6.07) is 7.24. The van der Waals surface area contributed by atoms with Crippen molar-refractivity contribution in [2.24, 2.45) is 0 Å². The first-order valence-corrected chi connectivity index (χ1v) is 8.45. The monoisotopic (exact) mass is 392 g/mol. The van der Waals surface area contributed by atoms with Gasteiger partial charge in [-0.25, -0.2) is 0 Å². The molecule has 0 aromatic heterocycles. The van der Waals surface area contributed by atoms with Crippen LogP contribution in [0.1, 0.15) is 22.8 Å². The second kappa shape index (κ2) is 7.64. The zero-order valence-electron chi connectivity index (χ0n) is 14.8. The lowest BCUT2D eigenvalue weighted by Gasteiger charge is -2.39. The molecule has 2 aromatic carbocycles. The van der Waals surface area contributed by atoms with Gasteiger partial charge in [0, 0.05) is 17.7 Å². The van der Waals surface area contributed by atoms with Gasteiger partial charge in [-0.3, -0.25) is 4.79 Å². The van der Waals surface area contributed by atoms with Crippen LogP contribution in [0, 0.1) is 0 Å². The zero-order chi connectivity index (χ0) is 20.6. The van der Waals surface area contributed by atoms with Crippen molar-refractivity contribution in [2.75, 3.05) is 0 Å². The Kier molecular flexibility index (Phi) is 5.43. The van der Waals surface area contributed by atoms with Crippen LogP contribution in [0.4, 0.5) is 0 Å². The summed E-state index contributed by atoms with van der Waals surface area (Å²) in [7, 11) is 0. The van der Waals surface area contributed by atoms with Crippen molar-refractivity contribution in [3.8, 4) is 23.0 Å². The molecule has 3 rings (SSSR count). The van der Waals surface area contributed by atoms with E-state index in [0.29, 0.717) is 0 Å². The standard InChI is InChI=1S/C19H20O9/c1-8-15(23)17(25)18(26)19(27-8)28-13-7-11(21)6-12(22)14(13)16(24)9-2-4-10(20)5-3-9/h2-8,15,17-23,25-26H,1H3. The van der Waals surface area contributed by atoms with Crippen molar-refractivity contribution in [3.05, 3.63) is 47.5 Å². The Hall–Kier alpha value is -2.85. The Morgan fingerprint density at radius 2 is 1.57 bits per heavy atom. The van der Waals surface area contributed by atoms with Crippen LogP contribution in [0.5, 0.6) is 23.0 Å². The molecule has 1 aliphatic heterocycles. The fraction of sp³-hybridized carbons (Fsp3) is 0.316. The third-order valence-corrected chi connectivity index (χ3v) is 4.47. The van der Waals surface area contributed by atoms with Crippen molar-refractivity contribution < 1.29 is 44.9 Å². The largest absolute Gasteiger partial charge is 0.508 e. The first-order chi connectivity index (χ1) is 13.2. The van der Waals surface area contributed by atoms with Gasteiger partial charge < -0.3 is 40.1 Å². The van der Waals surface area contributed by atoms with Gasteiger partial charge in [0.25, 0.3) is 0 Å².